The van der Waals surface area contributed by atoms with Crippen LogP contribution >= 0.6 is 11.8 Å². The number of rotatable bonds is 9. The summed E-state index contributed by atoms with van der Waals surface area (Å²) in [7, 11) is 1.48. The zero-order chi connectivity index (χ0) is 22.2. The molecule has 0 spiro atoms. The third kappa shape index (κ3) is 5.64. The maximum absolute atomic E-state index is 14.5. The number of amides is 2. The highest BCUT2D eigenvalue weighted by atomic mass is 32.2. The van der Waals surface area contributed by atoms with Crippen LogP contribution in [-0.2, 0) is 4.79 Å². The van der Waals surface area contributed by atoms with Crippen molar-refractivity contribution in [1.29, 1.82) is 0 Å². The van der Waals surface area contributed by atoms with Gasteiger partial charge in [0.2, 0.25) is 5.91 Å². The fraction of sp³-hybridized carbons (Fsp3) is 0.227. The Morgan fingerprint density at radius 1 is 1.23 bits per heavy atom. The molecule has 3 rings (SSSR count). The molecule has 0 aliphatic heterocycles. The molecule has 1 aromatic heterocycles. The van der Waals surface area contributed by atoms with Gasteiger partial charge < -0.3 is 15.4 Å². The molecule has 1 atom stereocenters. The Kier molecular flexibility index (Phi) is 7.66. The Morgan fingerprint density at radius 3 is 2.71 bits per heavy atom. The molecule has 3 aromatic rings. The van der Waals surface area contributed by atoms with E-state index >= 15 is 0 Å². The number of thioether (sulfide) groups is 1. The zero-order valence-corrected chi connectivity index (χ0v) is 18.0. The summed E-state index contributed by atoms with van der Waals surface area (Å²) in [4.78, 5) is 25.6. The maximum Gasteiger partial charge on any atom is 0.255 e. The minimum atomic E-state index is -0.793. The van der Waals surface area contributed by atoms with E-state index in [1.165, 1.54) is 23.9 Å². The molecule has 1 heterocycles. The SMILES string of the molecule is COc1ccccc1C(=O)NC(CCSC)C(=O)Nc1ccc(-n2cccn2)c(F)c1. The number of benzene rings is 2. The molecule has 162 valence electrons. The molecular formula is C22H23FN4O3S. The Hall–Kier alpha value is -3.33. The van der Waals surface area contributed by atoms with Gasteiger partial charge in [-0.25, -0.2) is 9.07 Å². The first-order chi connectivity index (χ1) is 15.0. The molecule has 0 aliphatic carbocycles. The van der Waals surface area contributed by atoms with Crippen molar-refractivity contribution in [2.45, 2.75) is 12.5 Å². The van der Waals surface area contributed by atoms with E-state index in [-0.39, 0.29) is 5.69 Å². The normalized spacial score (nSPS) is 11.6. The van der Waals surface area contributed by atoms with Gasteiger partial charge in [-0.2, -0.15) is 16.9 Å². The van der Waals surface area contributed by atoms with Gasteiger partial charge in [-0.05, 0) is 54.8 Å². The first-order valence-corrected chi connectivity index (χ1v) is 11.0. The van der Waals surface area contributed by atoms with Gasteiger partial charge in [0.1, 0.15) is 17.5 Å². The van der Waals surface area contributed by atoms with Crippen molar-refractivity contribution in [2.24, 2.45) is 0 Å². The predicted molar refractivity (Wildman–Crippen MR) is 119 cm³/mol. The summed E-state index contributed by atoms with van der Waals surface area (Å²) in [5, 5.41) is 9.45. The van der Waals surface area contributed by atoms with Crippen LogP contribution in [0.3, 0.4) is 0 Å². The number of ether oxygens (including phenoxy) is 1. The molecule has 0 bridgehead atoms. The van der Waals surface area contributed by atoms with Crippen molar-refractivity contribution in [2.75, 3.05) is 24.4 Å². The number of hydrogen-bond acceptors (Lipinski definition) is 5. The van der Waals surface area contributed by atoms with E-state index in [1.54, 1.807) is 60.6 Å². The summed E-state index contributed by atoms with van der Waals surface area (Å²) in [6.07, 6.45) is 5.51. The number of halogens is 1. The first kappa shape index (κ1) is 22.4. The van der Waals surface area contributed by atoms with Gasteiger partial charge in [-0.15, -0.1) is 0 Å². The molecule has 2 aromatic carbocycles. The van der Waals surface area contributed by atoms with Gasteiger partial charge in [-0.3, -0.25) is 9.59 Å². The number of aromatic nitrogens is 2. The van der Waals surface area contributed by atoms with E-state index in [9.17, 15) is 14.0 Å². The second-order valence-corrected chi connectivity index (χ2v) is 7.60. The number of nitrogens with one attached hydrogen (secondary N) is 2. The van der Waals surface area contributed by atoms with E-state index in [2.05, 4.69) is 15.7 Å². The van der Waals surface area contributed by atoms with E-state index in [4.69, 9.17) is 4.74 Å². The molecule has 0 radical (unpaired) electrons. The van der Waals surface area contributed by atoms with Gasteiger partial charge in [0.05, 0.1) is 12.7 Å². The molecule has 0 saturated carbocycles. The van der Waals surface area contributed by atoms with Crippen molar-refractivity contribution in [3.63, 3.8) is 0 Å². The summed E-state index contributed by atoms with van der Waals surface area (Å²) in [6, 6.07) is 12.0. The molecule has 0 saturated heterocycles. The number of methoxy groups -OCH3 is 1. The number of carbonyl (C=O) groups excluding carboxylic acids is 2. The lowest BCUT2D eigenvalue weighted by Gasteiger charge is -2.19. The van der Waals surface area contributed by atoms with Crippen LogP contribution in [0.4, 0.5) is 10.1 Å². The predicted octanol–water partition coefficient (Wildman–Crippen LogP) is 3.51. The largest absolute Gasteiger partial charge is 0.496 e. The van der Waals surface area contributed by atoms with E-state index in [1.807, 2.05) is 6.26 Å². The molecule has 2 amide bonds. The highest BCUT2D eigenvalue weighted by Gasteiger charge is 2.23. The van der Waals surface area contributed by atoms with E-state index < -0.39 is 23.7 Å². The summed E-state index contributed by atoms with van der Waals surface area (Å²) >= 11 is 1.56. The smallest absolute Gasteiger partial charge is 0.255 e. The number of carbonyl (C=O) groups is 2. The number of para-hydroxylation sites is 1. The van der Waals surface area contributed by atoms with Crippen LogP contribution in [0.25, 0.3) is 5.69 Å². The Balaban J connectivity index is 1.74. The van der Waals surface area contributed by atoms with E-state index in [0.29, 0.717) is 29.2 Å². The number of anilines is 1. The summed E-state index contributed by atoms with van der Waals surface area (Å²) < 4.78 is 21.1. The Bertz CT molecular complexity index is 1040. The van der Waals surface area contributed by atoms with Crippen LogP contribution in [0.1, 0.15) is 16.8 Å². The van der Waals surface area contributed by atoms with E-state index in [0.717, 1.165) is 0 Å². The lowest BCUT2D eigenvalue weighted by atomic mass is 10.1. The number of nitrogens with zero attached hydrogens (tertiary/aromatic N) is 2. The first-order valence-electron chi connectivity index (χ1n) is 9.56. The molecule has 2 N–H and O–H groups in total. The second-order valence-electron chi connectivity index (χ2n) is 6.61. The van der Waals surface area contributed by atoms with Gasteiger partial charge in [0, 0.05) is 18.1 Å². The minimum Gasteiger partial charge on any atom is -0.496 e. The standard InChI is InChI=1S/C22H23FN4O3S/c1-30-20-7-4-3-6-16(20)21(28)26-18(10-13-31-2)22(29)25-15-8-9-19(17(23)14-15)27-12-5-11-24-27/h3-9,11-12,14,18H,10,13H2,1-2H3,(H,25,29)(H,26,28). The van der Waals surface area contributed by atoms with Crippen LogP contribution in [-0.4, -0.2) is 46.8 Å². The lowest BCUT2D eigenvalue weighted by molar-refractivity contribution is -0.118. The van der Waals surface area contributed by atoms with Gasteiger partial charge in [0.15, 0.2) is 5.82 Å². The molecule has 31 heavy (non-hydrogen) atoms. The quantitative estimate of drug-likeness (QED) is 0.530. The number of hydrogen-bond donors (Lipinski definition) is 2. The zero-order valence-electron chi connectivity index (χ0n) is 17.2. The maximum atomic E-state index is 14.5. The van der Waals surface area contributed by atoms with Gasteiger partial charge in [0.25, 0.3) is 5.91 Å². The topological polar surface area (TPSA) is 85.2 Å². The third-order valence-corrected chi connectivity index (χ3v) is 5.19. The van der Waals surface area contributed by atoms with Crippen LogP contribution in [0, 0.1) is 5.82 Å². The van der Waals surface area contributed by atoms with Crippen molar-refractivity contribution in [3.8, 4) is 11.4 Å². The Labute approximate surface area is 184 Å². The molecule has 0 fully saturated rings. The summed E-state index contributed by atoms with van der Waals surface area (Å²) in [5.41, 5.74) is 0.895. The fourth-order valence-corrected chi connectivity index (χ4v) is 3.46. The summed E-state index contributed by atoms with van der Waals surface area (Å²) in [5.74, 6) is -0.292. The minimum absolute atomic E-state index is 0.270. The lowest BCUT2D eigenvalue weighted by Crippen LogP contribution is -2.44. The highest BCUT2D eigenvalue weighted by Crippen LogP contribution is 2.20. The second kappa shape index (κ2) is 10.6. The molecular weight excluding hydrogens is 419 g/mol. The molecule has 7 nitrogen and oxygen atoms in total. The van der Waals surface area contributed by atoms with Crippen molar-refractivity contribution < 1.29 is 18.7 Å². The van der Waals surface area contributed by atoms with Crippen molar-refractivity contribution >= 4 is 29.3 Å². The molecule has 1 unspecified atom stereocenters. The Morgan fingerprint density at radius 2 is 2.03 bits per heavy atom. The summed E-state index contributed by atoms with van der Waals surface area (Å²) in [6.45, 7) is 0. The third-order valence-electron chi connectivity index (χ3n) is 4.55. The van der Waals surface area contributed by atoms with Crippen LogP contribution in [0.15, 0.2) is 60.9 Å². The molecule has 9 heteroatoms. The van der Waals surface area contributed by atoms with Crippen LogP contribution in [0.2, 0.25) is 0 Å². The van der Waals surface area contributed by atoms with Crippen molar-refractivity contribution in [3.05, 3.63) is 72.3 Å². The fourth-order valence-electron chi connectivity index (χ4n) is 2.98. The average Bonchev–Trinajstić information content (AvgIpc) is 3.31. The van der Waals surface area contributed by atoms with Gasteiger partial charge in [-0.1, -0.05) is 12.1 Å². The van der Waals surface area contributed by atoms with Crippen LogP contribution in [0.5, 0.6) is 5.75 Å². The molecule has 0 aliphatic rings. The van der Waals surface area contributed by atoms with Gasteiger partial charge >= 0.3 is 0 Å². The van der Waals surface area contributed by atoms with Crippen molar-refractivity contribution in [1.82, 2.24) is 15.1 Å². The average molecular weight is 443 g/mol. The monoisotopic (exact) mass is 442 g/mol. The van der Waals surface area contributed by atoms with Crippen LogP contribution < -0.4 is 15.4 Å². The highest BCUT2D eigenvalue weighted by molar-refractivity contribution is 7.98.